The first-order chi connectivity index (χ1) is 30.0. The van der Waals surface area contributed by atoms with Crippen molar-refractivity contribution in [2.45, 2.75) is 0 Å². The van der Waals surface area contributed by atoms with E-state index in [1.165, 1.54) is 12.1 Å². The molecule has 2 aliphatic rings. The van der Waals surface area contributed by atoms with Gasteiger partial charge in [-0.2, -0.15) is 13.3 Å². The maximum absolute atomic E-state index is 13.2. The molecule has 0 unspecified atom stereocenters. The van der Waals surface area contributed by atoms with Gasteiger partial charge in [-0.1, -0.05) is 84.2 Å². The van der Waals surface area contributed by atoms with Crippen LogP contribution in [-0.4, -0.2) is 44.2 Å². The molecular weight excluding hydrogens is 1190 g/mol. The number of aromatic nitrogens is 4. The molecular formula is C48H36F4N8O2Pt2. The van der Waals surface area contributed by atoms with Crippen LogP contribution in [0.4, 0.5) is 51.9 Å². The van der Waals surface area contributed by atoms with Crippen LogP contribution in [0.2, 0.25) is 0 Å². The van der Waals surface area contributed by atoms with E-state index in [0.717, 1.165) is 46.0 Å². The Balaban J connectivity index is 0.000000161. The second-order valence-electron chi connectivity index (χ2n) is 13.4. The number of halogens is 4. The zero-order valence-electron chi connectivity index (χ0n) is 33.8. The predicted octanol–water partition coefficient (Wildman–Crippen LogP) is 10.6. The number of hydrogen-bond donors (Lipinski definition) is 2. The maximum Gasteiger partial charge on any atom is 2.00 e. The number of aromatic hydroxyl groups is 2. The summed E-state index contributed by atoms with van der Waals surface area (Å²) >= 11 is 0. The topological polar surface area (TPSA) is 105 Å². The Hall–Kier alpha value is -6.62. The Labute approximate surface area is 396 Å². The van der Waals surface area contributed by atoms with Gasteiger partial charge in [0.25, 0.3) is 0 Å². The second kappa shape index (κ2) is 22.6. The van der Waals surface area contributed by atoms with Crippen LogP contribution in [0.3, 0.4) is 0 Å². The predicted molar refractivity (Wildman–Crippen MR) is 231 cm³/mol. The van der Waals surface area contributed by atoms with Crippen molar-refractivity contribution in [3.8, 4) is 34.3 Å². The van der Waals surface area contributed by atoms with Gasteiger partial charge in [0.1, 0.15) is 11.6 Å². The van der Waals surface area contributed by atoms with Crippen molar-refractivity contribution >= 4 is 34.4 Å². The largest absolute Gasteiger partial charge is 2.00 e. The van der Waals surface area contributed by atoms with Crippen LogP contribution in [0.25, 0.3) is 22.5 Å². The summed E-state index contributed by atoms with van der Waals surface area (Å²) in [6.45, 7) is 3.42. The summed E-state index contributed by atoms with van der Waals surface area (Å²) in [5, 5.41) is 18.3. The van der Waals surface area contributed by atoms with E-state index < -0.39 is 23.3 Å². The monoisotopic (exact) mass is 1220 g/mol. The van der Waals surface area contributed by atoms with Crippen LogP contribution in [0.5, 0.6) is 11.8 Å². The van der Waals surface area contributed by atoms with Crippen molar-refractivity contribution in [3.63, 3.8) is 0 Å². The van der Waals surface area contributed by atoms with Gasteiger partial charge in [-0.3, -0.25) is 0 Å². The molecule has 0 aliphatic carbocycles. The molecule has 16 heteroatoms. The van der Waals surface area contributed by atoms with Gasteiger partial charge in [0.15, 0.2) is 0 Å². The van der Waals surface area contributed by atoms with E-state index in [-0.39, 0.29) is 65.3 Å². The summed E-state index contributed by atoms with van der Waals surface area (Å²) in [5.41, 5.74) is 5.93. The fourth-order valence-electron chi connectivity index (χ4n) is 6.25. The maximum atomic E-state index is 13.2. The molecule has 0 atom stereocenters. The van der Waals surface area contributed by atoms with Crippen molar-refractivity contribution in [2.24, 2.45) is 0 Å². The Morgan fingerprint density at radius 2 is 0.875 bits per heavy atom. The summed E-state index contributed by atoms with van der Waals surface area (Å²) in [7, 11) is 3.69. The molecule has 6 heterocycles. The van der Waals surface area contributed by atoms with E-state index in [0.29, 0.717) is 11.6 Å². The van der Waals surface area contributed by atoms with Gasteiger partial charge >= 0.3 is 42.1 Å². The number of fused-ring (bicyclic) bond motifs is 2. The van der Waals surface area contributed by atoms with Gasteiger partial charge in [0.05, 0.1) is 11.4 Å². The Morgan fingerprint density at radius 1 is 0.484 bits per heavy atom. The summed E-state index contributed by atoms with van der Waals surface area (Å²) in [6.07, 6.45) is 3.27. The van der Waals surface area contributed by atoms with Gasteiger partial charge in [-0.15, -0.1) is 36.4 Å². The van der Waals surface area contributed by atoms with Gasteiger partial charge in [-0.05, 0) is 50.5 Å². The summed E-state index contributed by atoms with van der Waals surface area (Å²) in [4.78, 5) is 23.3. The average molecular weight is 1220 g/mol. The SMILES string of the molecule is CN1[CH-]N(c2[c-]c(F)cc(F)c2)c2ncccc21.CN1[CH-]N(c2[c-]c(F)cc(F)c2)c2ncccc21.Oc1cccc(-c2ccccc2)n1.Oc1cccc(-c2ccccc2)n1.[Pt+2].[Pt+2]. The molecule has 0 fully saturated rings. The summed E-state index contributed by atoms with van der Waals surface area (Å²) in [5.74, 6) is -1.37. The van der Waals surface area contributed by atoms with Crippen molar-refractivity contribution in [1.82, 2.24) is 19.9 Å². The summed E-state index contributed by atoms with van der Waals surface area (Å²) < 4.78 is 52.8. The zero-order valence-corrected chi connectivity index (χ0v) is 38.3. The molecule has 0 saturated carbocycles. The van der Waals surface area contributed by atoms with Crippen LogP contribution in [0.15, 0.2) is 158 Å². The fraction of sp³-hybridized carbons (Fsp3) is 0.0417. The number of anilines is 6. The number of rotatable bonds is 4. The molecule has 64 heavy (non-hydrogen) atoms. The van der Waals surface area contributed by atoms with E-state index in [1.807, 2.05) is 121 Å². The van der Waals surface area contributed by atoms with Crippen LogP contribution < -0.4 is 19.6 Å². The van der Waals surface area contributed by atoms with E-state index in [4.69, 9.17) is 10.2 Å². The van der Waals surface area contributed by atoms with Crippen molar-refractivity contribution in [3.05, 3.63) is 207 Å². The van der Waals surface area contributed by atoms with Crippen LogP contribution in [0.1, 0.15) is 0 Å². The molecule has 4 aromatic carbocycles. The van der Waals surface area contributed by atoms with E-state index in [1.54, 1.807) is 59.8 Å². The molecule has 0 spiro atoms. The third-order valence-corrected chi connectivity index (χ3v) is 9.03. The molecule has 0 bridgehead atoms. The Kier molecular flexibility index (Phi) is 17.1. The summed E-state index contributed by atoms with van der Waals surface area (Å²) in [6, 6.07) is 46.3. The van der Waals surface area contributed by atoms with Crippen molar-refractivity contribution < 1.29 is 69.9 Å². The van der Waals surface area contributed by atoms with Crippen molar-refractivity contribution in [1.29, 1.82) is 0 Å². The number of benzene rings is 4. The molecule has 10 rings (SSSR count). The van der Waals surface area contributed by atoms with E-state index in [9.17, 15) is 17.6 Å². The van der Waals surface area contributed by atoms with Crippen LogP contribution in [-0.2, 0) is 42.1 Å². The molecule has 8 aromatic rings. The van der Waals surface area contributed by atoms with Gasteiger partial charge in [0, 0.05) is 70.3 Å². The van der Waals surface area contributed by atoms with Crippen LogP contribution >= 0.6 is 0 Å². The van der Waals surface area contributed by atoms with Crippen LogP contribution in [0, 0.1) is 48.7 Å². The Bertz CT molecular complexity index is 2530. The first-order valence-electron chi connectivity index (χ1n) is 18.9. The smallest absolute Gasteiger partial charge is 0.502 e. The molecule has 2 N–H and O–H groups in total. The van der Waals surface area contributed by atoms with Crippen molar-refractivity contribution in [2.75, 3.05) is 33.7 Å². The molecule has 0 radical (unpaired) electrons. The molecule has 2 aliphatic heterocycles. The third-order valence-electron chi connectivity index (χ3n) is 9.03. The molecule has 0 amide bonds. The number of pyridine rings is 4. The normalized spacial score (nSPS) is 11.8. The minimum Gasteiger partial charge on any atom is -0.502 e. The molecule has 4 aromatic heterocycles. The molecule has 10 nitrogen and oxygen atoms in total. The number of hydrogen-bond acceptors (Lipinski definition) is 10. The minimum atomic E-state index is -0.731. The second-order valence-corrected chi connectivity index (χ2v) is 13.4. The minimum absolute atomic E-state index is 0. The first kappa shape index (κ1) is 48.4. The first-order valence-corrected chi connectivity index (χ1v) is 18.9. The average Bonchev–Trinajstić information content (AvgIpc) is 3.80. The third kappa shape index (κ3) is 12.3. The zero-order chi connectivity index (χ0) is 43.6. The standard InChI is InChI=1S/2C13H9F2N3.2C11H9NO.2Pt/c2*1-17-8-18(13-12(17)3-2-4-16-13)11-6-9(14)5-10(15)7-11;2*13-11-8-4-7-10(12-11)9-5-2-1-3-6-9;;/h2*2-6,8H,1H3;2*1-8H,(H,12,13);;/q2*-2;;;2*+2. The van der Waals surface area contributed by atoms with Gasteiger partial charge in [0.2, 0.25) is 11.8 Å². The Morgan fingerprint density at radius 3 is 1.23 bits per heavy atom. The van der Waals surface area contributed by atoms with Gasteiger partial charge in [-0.25, -0.2) is 37.5 Å². The van der Waals surface area contributed by atoms with E-state index in [2.05, 4.69) is 32.1 Å². The fourth-order valence-corrected chi connectivity index (χ4v) is 6.25. The van der Waals surface area contributed by atoms with Gasteiger partial charge < -0.3 is 29.8 Å². The molecule has 328 valence electrons. The quantitative estimate of drug-likeness (QED) is 0.131. The molecule has 0 saturated heterocycles. The number of nitrogens with zero attached hydrogens (tertiary/aromatic N) is 8. The van der Waals surface area contributed by atoms with E-state index >= 15 is 0 Å².